The Morgan fingerprint density at radius 1 is 1.19 bits per heavy atom. The molecule has 0 aliphatic heterocycles. The van der Waals surface area contributed by atoms with E-state index in [1.54, 1.807) is 28.9 Å². The van der Waals surface area contributed by atoms with E-state index < -0.39 is 0 Å². The number of aromatic nitrogens is 4. The summed E-state index contributed by atoms with van der Waals surface area (Å²) in [5, 5.41) is 14.4. The summed E-state index contributed by atoms with van der Waals surface area (Å²) in [5.41, 5.74) is 2.80. The van der Waals surface area contributed by atoms with Crippen molar-refractivity contribution in [3.8, 4) is 5.75 Å². The number of tetrazole rings is 1. The lowest BCUT2D eigenvalue weighted by molar-refractivity contribution is 0.0950. The number of hydrogen-bond acceptors (Lipinski definition) is 5. The Labute approximate surface area is 152 Å². The predicted molar refractivity (Wildman–Crippen MR) is 96.6 cm³/mol. The Morgan fingerprint density at radius 3 is 2.85 bits per heavy atom. The summed E-state index contributed by atoms with van der Waals surface area (Å²) in [5.74, 6) is 1.10. The van der Waals surface area contributed by atoms with Crippen molar-refractivity contribution in [1.82, 2.24) is 25.5 Å². The van der Waals surface area contributed by atoms with Gasteiger partial charge in [-0.1, -0.05) is 30.3 Å². The number of benzene rings is 2. The van der Waals surface area contributed by atoms with Crippen LogP contribution in [0.15, 0.2) is 48.5 Å². The van der Waals surface area contributed by atoms with Crippen molar-refractivity contribution in [2.45, 2.75) is 33.5 Å². The molecule has 0 bridgehead atoms. The fourth-order valence-electron chi connectivity index (χ4n) is 2.53. The zero-order chi connectivity index (χ0) is 18.4. The minimum atomic E-state index is -0.142. The van der Waals surface area contributed by atoms with Crippen molar-refractivity contribution in [2.24, 2.45) is 0 Å². The lowest BCUT2D eigenvalue weighted by Crippen LogP contribution is -2.23. The molecular formula is C19H21N5O2. The molecule has 0 saturated heterocycles. The Morgan fingerprint density at radius 2 is 2.04 bits per heavy atom. The Hall–Kier alpha value is -3.22. The van der Waals surface area contributed by atoms with Gasteiger partial charge in [-0.25, -0.2) is 4.68 Å². The van der Waals surface area contributed by atoms with E-state index in [9.17, 15) is 4.79 Å². The first-order chi connectivity index (χ1) is 12.7. The van der Waals surface area contributed by atoms with Gasteiger partial charge in [0.05, 0.1) is 0 Å². The van der Waals surface area contributed by atoms with Crippen LogP contribution in [0.25, 0.3) is 0 Å². The number of hydrogen-bond donors (Lipinski definition) is 1. The number of amides is 1. The molecule has 26 heavy (non-hydrogen) atoms. The summed E-state index contributed by atoms with van der Waals surface area (Å²) in [7, 11) is 0. The van der Waals surface area contributed by atoms with Crippen LogP contribution in [-0.4, -0.2) is 26.1 Å². The van der Waals surface area contributed by atoms with E-state index in [-0.39, 0.29) is 12.5 Å². The van der Waals surface area contributed by atoms with Crippen molar-refractivity contribution in [3.63, 3.8) is 0 Å². The molecule has 0 fully saturated rings. The summed E-state index contributed by atoms with van der Waals surface area (Å²) < 4.78 is 7.39. The number of nitrogens with one attached hydrogen (secondary N) is 1. The second-order valence-electron chi connectivity index (χ2n) is 5.84. The van der Waals surface area contributed by atoms with Gasteiger partial charge in [0.2, 0.25) is 0 Å². The van der Waals surface area contributed by atoms with Gasteiger partial charge in [-0.05, 0) is 53.6 Å². The first-order valence-electron chi connectivity index (χ1n) is 8.48. The maximum absolute atomic E-state index is 12.4. The third-order valence-electron chi connectivity index (χ3n) is 4.07. The molecule has 0 saturated carbocycles. The molecule has 3 aromatic rings. The first kappa shape index (κ1) is 17.6. The van der Waals surface area contributed by atoms with Crippen molar-refractivity contribution in [2.75, 3.05) is 0 Å². The monoisotopic (exact) mass is 351 g/mol. The van der Waals surface area contributed by atoms with Crippen LogP contribution in [0.2, 0.25) is 0 Å². The van der Waals surface area contributed by atoms with Crippen LogP contribution in [0.1, 0.15) is 34.2 Å². The van der Waals surface area contributed by atoms with Gasteiger partial charge >= 0.3 is 0 Å². The first-order valence-corrected chi connectivity index (χ1v) is 8.48. The molecule has 0 unspecified atom stereocenters. The normalized spacial score (nSPS) is 10.5. The zero-order valence-electron chi connectivity index (χ0n) is 14.8. The van der Waals surface area contributed by atoms with E-state index in [0.29, 0.717) is 30.2 Å². The molecule has 2 aromatic carbocycles. The molecule has 1 amide bonds. The van der Waals surface area contributed by atoms with Crippen molar-refractivity contribution in [1.29, 1.82) is 0 Å². The topological polar surface area (TPSA) is 81.9 Å². The Balaban J connectivity index is 1.61. The molecule has 0 radical (unpaired) electrons. The molecule has 7 heteroatoms. The van der Waals surface area contributed by atoms with Gasteiger partial charge < -0.3 is 10.1 Å². The molecule has 0 aliphatic carbocycles. The summed E-state index contributed by atoms with van der Waals surface area (Å²) in [6.45, 7) is 5.39. The molecule has 1 heterocycles. The standard InChI is InChI=1S/C19H21N5O2/c1-3-24-18(21-22-23-24)13-26-17-10-6-9-15(11-17)19(25)20-12-16-8-5-4-7-14(16)2/h4-11H,3,12-13H2,1-2H3,(H,20,25). The predicted octanol–water partition coefficient (Wildman–Crippen LogP) is 2.51. The highest BCUT2D eigenvalue weighted by molar-refractivity contribution is 5.94. The lowest BCUT2D eigenvalue weighted by atomic mass is 10.1. The minimum absolute atomic E-state index is 0.142. The van der Waals surface area contributed by atoms with E-state index in [2.05, 4.69) is 20.8 Å². The summed E-state index contributed by atoms with van der Waals surface area (Å²) in [6, 6.07) is 15.1. The van der Waals surface area contributed by atoms with Gasteiger partial charge in [0.1, 0.15) is 12.4 Å². The highest BCUT2D eigenvalue weighted by Crippen LogP contribution is 2.15. The van der Waals surface area contributed by atoms with Crippen LogP contribution in [0.3, 0.4) is 0 Å². The maximum Gasteiger partial charge on any atom is 0.251 e. The van der Waals surface area contributed by atoms with Crippen molar-refractivity contribution < 1.29 is 9.53 Å². The molecule has 1 aromatic heterocycles. The zero-order valence-corrected chi connectivity index (χ0v) is 14.8. The summed E-state index contributed by atoms with van der Waals surface area (Å²) >= 11 is 0. The van der Waals surface area contributed by atoms with Crippen LogP contribution < -0.4 is 10.1 Å². The molecule has 7 nitrogen and oxygen atoms in total. The van der Waals surface area contributed by atoms with Crippen molar-refractivity contribution in [3.05, 3.63) is 71.0 Å². The number of rotatable bonds is 7. The van der Waals surface area contributed by atoms with E-state index in [4.69, 9.17) is 4.74 Å². The summed E-state index contributed by atoms with van der Waals surface area (Å²) in [4.78, 5) is 12.4. The van der Waals surface area contributed by atoms with Crippen molar-refractivity contribution >= 4 is 5.91 Å². The second kappa shape index (κ2) is 8.24. The number of carbonyl (C=O) groups excluding carboxylic acids is 1. The van der Waals surface area contributed by atoms with Crippen LogP contribution in [-0.2, 0) is 19.7 Å². The molecular weight excluding hydrogens is 330 g/mol. The highest BCUT2D eigenvalue weighted by atomic mass is 16.5. The molecule has 0 spiro atoms. The van der Waals surface area contributed by atoms with Crippen LogP contribution >= 0.6 is 0 Å². The Bertz CT molecular complexity index is 891. The average molecular weight is 351 g/mol. The fraction of sp³-hybridized carbons (Fsp3) is 0.263. The van der Waals surface area contributed by atoms with Gasteiger partial charge in [-0.3, -0.25) is 4.79 Å². The van der Waals surface area contributed by atoms with E-state index in [1.165, 1.54) is 0 Å². The maximum atomic E-state index is 12.4. The molecule has 3 rings (SSSR count). The number of carbonyl (C=O) groups is 1. The van der Waals surface area contributed by atoms with Crippen LogP contribution in [0.5, 0.6) is 5.75 Å². The molecule has 134 valence electrons. The number of aryl methyl sites for hydroxylation is 2. The second-order valence-corrected chi connectivity index (χ2v) is 5.84. The smallest absolute Gasteiger partial charge is 0.251 e. The lowest BCUT2D eigenvalue weighted by Gasteiger charge is -2.10. The van der Waals surface area contributed by atoms with Gasteiger partial charge in [-0.15, -0.1) is 5.10 Å². The number of ether oxygens (including phenoxy) is 1. The van der Waals surface area contributed by atoms with Crippen LogP contribution in [0, 0.1) is 6.92 Å². The third kappa shape index (κ3) is 4.24. The highest BCUT2D eigenvalue weighted by Gasteiger charge is 2.09. The van der Waals surface area contributed by atoms with Gasteiger partial charge in [0.15, 0.2) is 5.82 Å². The molecule has 1 N–H and O–H groups in total. The quantitative estimate of drug-likeness (QED) is 0.707. The third-order valence-corrected chi connectivity index (χ3v) is 4.07. The minimum Gasteiger partial charge on any atom is -0.486 e. The van der Waals surface area contributed by atoms with Gasteiger partial charge in [0, 0.05) is 18.7 Å². The largest absolute Gasteiger partial charge is 0.486 e. The summed E-state index contributed by atoms with van der Waals surface area (Å²) in [6.07, 6.45) is 0. The van der Waals surface area contributed by atoms with Gasteiger partial charge in [0.25, 0.3) is 5.91 Å². The SMILES string of the molecule is CCn1nnnc1COc1cccc(C(=O)NCc2ccccc2C)c1. The van der Waals surface area contributed by atoms with Crippen LogP contribution in [0.4, 0.5) is 0 Å². The van der Waals surface area contributed by atoms with Gasteiger partial charge in [-0.2, -0.15) is 0 Å². The van der Waals surface area contributed by atoms with E-state index in [1.807, 2.05) is 38.1 Å². The molecule has 0 atom stereocenters. The Kier molecular flexibility index (Phi) is 5.58. The fourth-order valence-corrected chi connectivity index (χ4v) is 2.53. The number of nitrogens with zero attached hydrogens (tertiary/aromatic N) is 4. The molecule has 0 aliphatic rings. The average Bonchev–Trinajstić information content (AvgIpc) is 3.13. The van der Waals surface area contributed by atoms with E-state index in [0.717, 1.165) is 11.1 Å². The van der Waals surface area contributed by atoms with E-state index >= 15 is 0 Å².